The smallest absolute Gasteiger partial charge is 0.144 e. The van der Waals surface area contributed by atoms with Gasteiger partial charge in [0.05, 0.1) is 26.4 Å². The lowest BCUT2D eigenvalue weighted by atomic mass is 9.99. The Hall–Kier alpha value is -2.26. The number of halogens is 1. The second-order valence-electron chi connectivity index (χ2n) is 8.60. The van der Waals surface area contributed by atoms with E-state index in [1.807, 2.05) is 54.6 Å². The molecule has 0 aromatic heterocycles. The molecule has 6 heteroatoms. The summed E-state index contributed by atoms with van der Waals surface area (Å²) in [6.07, 6.45) is -0.693. The molecule has 0 bridgehead atoms. The number of hydrogen-bond donors (Lipinski definition) is 0. The SMILES string of the molecule is IC1CN=C2[C@H](OCc3ccccc3)[C@@H](OCc3ccccc3)[C@@H](OCc3ccccc3)CN21. The number of fused-ring (bicyclic) bond motifs is 1. The summed E-state index contributed by atoms with van der Waals surface area (Å²) < 4.78 is 19.9. The Morgan fingerprint density at radius 2 is 1.21 bits per heavy atom. The molecule has 0 saturated carbocycles. The molecular formula is C28H29IN2O3. The van der Waals surface area contributed by atoms with E-state index < -0.39 is 0 Å². The van der Waals surface area contributed by atoms with Gasteiger partial charge in [-0.05, 0) is 16.7 Å². The Bertz CT molecular complexity index is 1060. The number of benzene rings is 3. The zero-order chi connectivity index (χ0) is 23.2. The predicted molar refractivity (Wildman–Crippen MR) is 142 cm³/mol. The first-order valence-corrected chi connectivity index (χ1v) is 12.9. The molecule has 4 atom stereocenters. The lowest BCUT2D eigenvalue weighted by Crippen LogP contribution is -2.61. The first kappa shape index (κ1) is 23.5. The molecule has 1 fully saturated rings. The maximum absolute atomic E-state index is 6.55. The number of piperidine rings is 1. The molecule has 1 saturated heterocycles. The standard InChI is InChI=1S/C28H29IN2O3/c29-25-16-30-28-27(34-20-23-14-8-3-9-15-23)26(33-19-22-12-6-2-7-13-22)24(17-31(25)28)32-18-21-10-4-1-5-11-21/h1-15,24-27H,16-20H2/t24-,25?,26-,27+/m0/s1. The molecule has 34 heavy (non-hydrogen) atoms. The molecule has 0 N–H and O–H groups in total. The van der Waals surface area contributed by atoms with Gasteiger partial charge in [-0.2, -0.15) is 0 Å². The summed E-state index contributed by atoms with van der Waals surface area (Å²) in [6.45, 7) is 3.04. The normalized spacial score (nSPS) is 24.0. The molecule has 3 aromatic rings. The van der Waals surface area contributed by atoms with Gasteiger partial charge < -0.3 is 19.1 Å². The van der Waals surface area contributed by atoms with Crippen molar-refractivity contribution in [2.45, 2.75) is 42.2 Å². The molecule has 0 radical (unpaired) electrons. The largest absolute Gasteiger partial charge is 0.369 e. The summed E-state index contributed by atoms with van der Waals surface area (Å²) in [4.78, 5) is 7.19. The van der Waals surface area contributed by atoms with Gasteiger partial charge in [-0.25, -0.2) is 0 Å². The van der Waals surface area contributed by atoms with Crippen molar-refractivity contribution >= 4 is 28.4 Å². The van der Waals surface area contributed by atoms with Crippen LogP contribution in [0, 0.1) is 0 Å². The van der Waals surface area contributed by atoms with Crippen LogP contribution in [-0.4, -0.2) is 46.2 Å². The second-order valence-corrected chi connectivity index (χ2v) is 10.0. The molecule has 5 rings (SSSR count). The maximum atomic E-state index is 6.55. The van der Waals surface area contributed by atoms with Crippen molar-refractivity contribution in [1.29, 1.82) is 0 Å². The third-order valence-corrected chi connectivity index (χ3v) is 7.26. The summed E-state index contributed by atoms with van der Waals surface area (Å²) in [5.74, 6) is 0.980. The summed E-state index contributed by atoms with van der Waals surface area (Å²) in [6, 6.07) is 30.8. The minimum atomic E-state index is -0.293. The highest BCUT2D eigenvalue weighted by atomic mass is 127. The fourth-order valence-electron chi connectivity index (χ4n) is 4.42. The minimum absolute atomic E-state index is 0.140. The number of nitrogens with zero attached hydrogens (tertiary/aromatic N) is 2. The van der Waals surface area contributed by atoms with Gasteiger partial charge in [0.1, 0.15) is 28.2 Å². The molecule has 0 spiro atoms. The fourth-order valence-corrected chi connectivity index (χ4v) is 5.13. The van der Waals surface area contributed by atoms with E-state index in [-0.39, 0.29) is 18.3 Å². The van der Waals surface area contributed by atoms with E-state index in [9.17, 15) is 0 Å². The number of rotatable bonds is 9. The van der Waals surface area contributed by atoms with Crippen molar-refractivity contribution in [3.8, 4) is 0 Å². The highest BCUT2D eigenvalue weighted by Crippen LogP contribution is 2.31. The van der Waals surface area contributed by atoms with E-state index in [0.29, 0.717) is 23.9 Å². The summed E-state index contributed by atoms with van der Waals surface area (Å²) in [5, 5.41) is 0. The zero-order valence-electron chi connectivity index (χ0n) is 19.0. The van der Waals surface area contributed by atoms with E-state index in [1.165, 1.54) is 0 Å². The van der Waals surface area contributed by atoms with Crippen LogP contribution in [-0.2, 0) is 34.0 Å². The Kier molecular flexibility index (Phi) is 7.90. The third-order valence-electron chi connectivity index (χ3n) is 6.20. The van der Waals surface area contributed by atoms with Crippen LogP contribution in [0.1, 0.15) is 16.7 Å². The van der Waals surface area contributed by atoms with Crippen LogP contribution in [0.2, 0.25) is 0 Å². The predicted octanol–water partition coefficient (Wildman–Crippen LogP) is 5.23. The van der Waals surface area contributed by atoms with Crippen LogP contribution >= 0.6 is 22.6 Å². The van der Waals surface area contributed by atoms with E-state index in [0.717, 1.165) is 35.6 Å². The second kappa shape index (κ2) is 11.4. The van der Waals surface area contributed by atoms with Crippen LogP contribution in [0.25, 0.3) is 0 Å². The van der Waals surface area contributed by atoms with Crippen molar-refractivity contribution in [3.63, 3.8) is 0 Å². The topological polar surface area (TPSA) is 43.3 Å². The average molecular weight is 568 g/mol. The third kappa shape index (κ3) is 5.68. The highest BCUT2D eigenvalue weighted by molar-refractivity contribution is 14.1. The molecule has 2 aliphatic heterocycles. The van der Waals surface area contributed by atoms with Crippen molar-refractivity contribution in [2.75, 3.05) is 13.1 Å². The highest BCUT2D eigenvalue weighted by Gasteiger charge is 2.47. The van der Waals surface area contributed by atoms with Gasteiger partial charge in [0.2, 0.25) is 0 Å². The minimum Gasteiger partial charge on any atom is -0.369 e. The molecule has 176 valence electrons. The van der Waals surface area contributed by atoms with E-state index in [1.54, 1.807) is 0 Å². The van der Waals surface area contributed by atoms with Gasteiger partial charge >= 0.3 is 0 Å². The van der Waals surface area contributed by atoms with E-state index in [4.69, 9.17) is 19.2 Å². The number of hydrogen-bond acceptors (Lipinski definition) is 5. The van der Waals surface area contributed by atoms with Gasteiger partial charge in [-0.1, -0.05) is 114 Å². The molecule has 5 nitrogen and oxygen atoms in total. The zero-order valence-corrected chi connectivity index (χ0v) is 21.2. The molecule has 0 amide bonds. The first-order chi connectivity index (χ1) is 16.8. The van der Waals surface area contributed by atoms with Gasteiger partial charge in [0, 0.05) is 6.54 Å². The molecule has 0 aliphatic carbocycles. The van der Waals surface area contributed by atoms with Crippen molar-refractivity contribution < 1.29 is 14.2 Å². The fraction of sp³-hybridized carbons (Fsp3) is 0.321. The molecule has 3 aromatic carbocycles. The lowest BCUT2D eigenvalue weighted by molar-refractivity contribution is -0.149. The van der Waals surface area contributed by atoms with Gasteiger partial charge in [-0.15, -0.1) is 0 Å². The van der Waals surface area contributed by atoms with Crippen LogP contribution in [0.4, 0.5) is 0 Å². The van der Waals surface area contributed by atoms with Gasteiger partial charge in [-0.3, -0.25) is 4.99 Å². The van der Waals surface area contributed by atoms with Crippen LogP contribution in [0.5, 0.6) is 0 Å². The summed E-state index contributed by atoms with van der Waals surface area (Å²) in [7, 11) is 0. The maximum Gasteiger partial charge on any atom is 0.144 e. The average Bonchev–Trinajstić information content (AvgIpc) is 3.27. The number of aliphatic imine (C=N–C) groups is 1. The van der Waals surface area contributed by atoms with Gasteiger partial charge in [0.15, 0.2) is 0 Å². The molecular weight excluding hydrogens is 539 g/mol. The Labute approximate surface area is 214 Å². The molecule has 2 aliphatic rings. The Morgan fingerprint density at radius 1 is 0.706 bits per heavy atom. The molecule has 1 unspecified atom stereocenters. The first-order valence-electron chi connectivity index (χ1n) is 11.7. The van der Waals surface area contributed by atoms with Crippen LogP contribution < -0.4 is 0 Å². The lowest BCUT2D eigenvalue weighted by Gasteiger charge is -2.43. The van der Waals surface area contributed by atoms with Crippen LogP contribution in [0.3, 0.4) is 0 Å². The number of alkyl halides is 1. The van der Waals surface area contributed by atoms with Crippen molar-refractivity contribution in [1.82, 2.24) is 4.90 Å². The van der Waals surface area contributed by atoms with Gasteiger partial charge in [0.25, 0.3) is 0 Å². The van der Waals surface area contributed by atoms with Crippen molar-refractivity contribution in [2.24, 2.45) is 4.99 Å². The Balaban J connectivity index is 1.38. The van der Waals surface area contributed by atoms with E-state index in [2.05, 4.69) is 63.9 Å². The quantitative estimate of drug-likeness (QED) is 0.202. The monoisotopic (exact) mass is 568 g/mol. The van der Waals surface area contributed by atoms with Crippen molar-refractivity contribution in [3.05, 3.63) is 108 Å². The molecule has 2 heterocycles. The number of amidine groups is 1. The van der Waals surface area contributed by atoms with Crippen LogP contribution in [0.15, 0.2) is 96.0 Å². The Morgan fingerprint density at radius 3 is 1.76 bits per heavy atom. The number of ether oxygens (including phenoxy) is 3. The summed E-state index contributed by atoms with van der Waals surface area (Å²) >= 11 is 2.46. The van der Waals surface area contributed by atoms with E-state index >= 15 is 0 Å². The summed E-state index contributed by atoms with van der Waals surface area (Å²) in [5.41, 5.74) is 3.42.